The zero-order valence-corrected chi connectivity index (χ0v) is 11.5. The van der Waals surface area contributed by atoms with Crippen LogP contribution in [0, 0.1) is 0 Å². The van der Waals surface area contributed by atoms with Crippen molar-refractivity contribution in [3.8, 4) is 0 Å². The Bertz CT molecular complexity index is 431. The van der Waals surface area contributed by atoms with Crippen molar-refractivity contribution < 1.29 is 8.42 Å². The van der Waals surface area contributed by atoms with Gasteiger partial charge in [0.25, 0.3) is 10.0 Å². The number of hydrogen-bond acceptors (Lipinski definition) is 3. The number of halogens is 1. The first-order chi connectivity index (χ1) is 8.06. The predicted octanol–water partition coefficient (Wildman–Crippen LogP) is 1.50. The molecule has 0 spiro atoms. The third-order valence-electron chi connectivity index (χ3n) is 2.31. The number of imidazole rings is 1. The molecule has 1 N–H and O–H groups in total. The van der Waals surface area contributed by atoms with Gasteiger partial charge in [-0.25, -0.2) is 18.1 Å². The number of hydrogen-bond donors (Lipinski definition) is 1. The molecule has 0 unspecified atom stereocenters. The van der Waals surface area contributed by atoms with Gasteiger partial charge in [0, 0.05) is 25.7 Å². The Balaban J connectivity index is 2.31. The van der Waals surface area contributed by atoms with Crippen LogP contribution in [0.2, 0.25) is 0 Å². The highest BCUT2D eigenvalue weighted by molar-refractivity contribution is 7.89. The normalized spacial score (nSPS) is 11.9. The van der Waals surface area contributed by atoms with Crippen LogP contribution in [0.25, 0.3) is 0 Å². The average Bonchev–Trinajstić information content (AvgIpc) is 2.71. The van der Waals surface area contributed by atoms with Gasteiger partial charge in [-0.1, -0.05) is 12.8 Å². The number of alkyl halides is 1. The van der Waals surface area contributed by atoms with Gasteiger partial charge >= 0.3 is 0 Å². The Morgan fingerprint density at radius 1 is 1.35 bits per heavy atom. The van der Waals surface area contributed by atoms with Gasteiger partial charge in [-0.2, -0.15) is 0 Å². The average molecular weight is 280 g/mol. The van der Waals surface area contributed by atoms with Crippen molar-refractivity contribution in [3.05, 3.63) is 12.5 Å². The molecule has 98 valence electrons. The molecular weight excluding hydrogens is 262 g/mol. The predicted molar refractivity (Wildman–Crippen MR) is 67.6 cm³/mol. The minimum atomic E-state index is -3.44. The minimum absolute atomic E-state index is 0.0701. The van der Waals surface area contributed by atoms with E-state index in [1.807, 2.05) is 0 Å². The smallest absolute Gasteiger partial charge is 0.259 e. The van der Waals surface area contributed by atoms with E-state index in [1.54, 1.807) is 11.6 Å². The first-order valence-electron chi connectivity index (χ1n) is 5.60. The van der Waals surface area contributed by atoms with E-state index in [1.165, 1.54) is 12.5 Å². The molecule has 0 radical (unpaired) electrons. The lowest BCUT2D eigenvalue weighted by Gasteiger charge is -2.03. The van der Waals surface area contributed by atoms with Crippen LogP contribution in [0.1, 0.15) is 25.7 Å². The van der Waals surface area contributed by atoms with Gasteiger partial charge in [0.2, 0.25) is 0 Å². The van der Waals surface area contributed by atoms with E-state index in [0.717, 1.165) is 25.7 Å². The summed E-state index contributed by atoms with van der Waals surface area (Å²) >= 11 is 5.55. The van der Waals surface area contributed by atoms with E-state index in [0.29, 0.717) is 12.4 Å². The summed E-state index contributed by atoms with van der Waals surface area (Å²) in [6, 6.07) is 0. The van der Waals surface area contributed by atoms with Crippen molar-refractivity contribution >= 4 is 21.6 Å². The van der Waals surface area contributed by atoms with E-state index in [9.17, 15) is 8.42 Å². The molecule has 0 saturated carbocycles. The topological polar surface area (TPSA) is 64.0 Å². The highest BCUT2D eigenvalue weighted by Gasteiger charge is 2.15. The third kappa shape index (κ3) is 5.06. The highest BCUT2D eigenvalue weighted by Crippen LogP contribution is 2.05. The SMILES string of the molecule is Cn1cnc(S(=O)(=O)NCCCCCCCl)c1. The maximum absolute atomic E-state index is 11.7. The van der Waals surface area contributed by atoms with E-state index >= 15 is 0 Å². The second kappa shape index (κ2) is 6.98. The first-order valence-corrected chi connectivity index (χ1v) is 7.61. The maximum atomic E-state index is 11.7. The fraction of sp³-hybridized carbons (Fsp3) is 0.700. The van der Waals surface area contributed by atoms with Crippen LogP contribution in [0.3, 0.4) is 0 Å². The van der Waals surface area contributed by atoms with Crippen molar-refractivity contribution in [2.24, 2.45) is 7.05 Å². The van der Waals surface area contributed by atoms with Crippen LogP contribution >= 0.6 is 11.6 Å². The van der Waals surface area contributed by atoms with Crippen molar-refractivity contribution in [3.63, 3.8) is 0 Å². The number of nitrogens with one attached hydrogen (secondary N) is 1. The molecule has 1 aromatic rings. The van der Waals surface area contributed by atoms with Crippen molar-refractivity contribution in [2.75, 3.05) is 12.4 Å². The summed E-state index contributed by atoms with van der Waals surface area (Å²) in [5.41, 5.74) is 0. The number of nitrogens with zero attached hydrogens (tertiary/aromatic N) is 2. The largest absolute Gasteiger partial charge is 0.339 e. The molecule has 17 heavy (non-hydrogen) atoms. The Hall–Kier alpha value is -0.590. The second-order valence-corrected chi connectivity index (χ2v) is 5.97. The molecule has 0 bridgehead atoms. The molecule has 0 saturated heterocycles. The molecule has 0 aliphatic rings. The lowest BCUT2D eigenvalue weighted by molar-refractivity contribution is 0.570. The molecule has 1 rings (SSSR count). The van der Waals surface area contributed by atoms with Crippen LogP contribution in [0.15, 0.2) is 17.6 Å². The quantitative estimate of drug-likeness (QED) is 0.579. The second-order valence-electron chi connectivity index (χ2n) is 3.88. The first kappa shape index (κ1) is 14.5. The number of aryl methyl sites for hydroxylation is 1. The summed E-state index contributed by atoms with van der Waals surface area (Å²) in [6.45, 7) is 0.446. The standard InChI is InChI=1S/C10H18ClN3O2S/c1-14-8-10(12-9-14)17(15,16)13-7-5-3-2-4-6-11/h8-9,13H,2-7H2,1H3. The molecule has 0 atom stereocenters. The van der Waals surface area contributed by atoms with E-state index in [2.05, 4.69) is 9.71 Å². The summed E-state index contributed by atoms with van der Waals surface area (Å²) in [6.07, 6.45) is 6.77. The Kier molecular flexibility index (Phi) is 5.94. The number of sulfonamides is 1. The minimum Gasteiger partial charge on any atom is -0.339 e. The van der Waals surface area contributed by atoms with Gasteiger partial charge in [0.15, 0.2) is 5.03 Å². The van der Waals surface area contributed by atoms with Gasteiger partial charge in [-0.15, -0.1) is 11.6 Å². The molecule has 0 aliphatic heterocycles. The third-order valence-corrected chi connectivity index (χ3v) is 3.92. The van der Waals surface area contributed by atoms with Crippen LogP contribution in [-0.2, 0) is 17.1 Å². The molecular formula is C10H18ClN3O2S. The molecule has 7 heteroatoms. The van der Waals surface area contributed by atoms with Crippen molar-refractivity contribution in [1.82, 2.24) is 14.3 Å². The summed E-state index contributed by atoms with van der Waals surface area (Å²) in [7, 11) is -1.71. The number of aromatic nitrogens is 2. The van der Waals surface area contributed by atoms with Crippen LogP contribution in [0.4, 0.5) is 0 Å². The highest BCUT2D eigenvalue weighted by atomic mass is 35.5. The summed E-state index contributed by atoms with van der Waals surface area (Å²) in [5.74, 6) is 0.666. The van der Waals surface area contributed by atoms with Gasteiger partial charge in [0.1, 0.15) is 0 Å². The molecule has 0 aliphatic carbocycles. The number of rotatable bonds is 8. The monoisotopic (exact) mass is 279 g/mol. The van der Waals surface area contributed by atoms with Crippen LogP contribution in [-0.4, -0.2) is 30.4 Å². The number of unbranched alkanes of at least 4 members (excludes halogenated alkanes) is 3. The van der Waals surface area contributed by atoms with E-state index in [-0.39, 0.29) is 5.03 Å². The van der Waals surface area contributed by atoms with Crippen LogP contribution < -0.4 is 4.72 Å². The van der Waals surface area contributed by atoms with Crippen LogP contribution in [0.5, 0.6) is 0 Å². The van der Waals surface area contributed by atoms with Gasteiger partial charge in [-0.05, 0) is 12.8 Å². The van der Waals surface area contributed by atoms with E-state index < -0.39 is 10.0 Å². The summed E-state index contributed by atoms with van der Waals surface area (Å²) in [4.78, 5) is 3.81. The molecule has 1 heterocycles. The molecule has 0 fully saturated rings. The lowest BCUT2D eigenvalue weighted by atomic mass is 10.2. The molecule has 0 aromatic carbocycles. The summed E-state index contributed by atoms with van der Waals surface area (Å²) in [5, 5.41) is 0.0701. The Labute approximate surface area is 107 Å². The van der Waals surface area contributed by atoms with E-state index in [4.69, 9.17) is 11.6 Å². The maximum Gasteiger partial charge on any atom is 0.259 e. The Morgan fingerprint density at radius 2 is 2.06 bits per heavy atom. The molecule has 0 amide bonds. The fourth-order valence-corrected chi connectivity index (χ4v) is 2.62. The molecule has 5 nitrogen and oxygen atoms in total. The van der Waals surface area contributed by atoms with Gasteiger partial charge < -0.3 is 4.57 Å². The summed E-state index contributed by atoms with van der Waals surface area (Å²) < 4.78 is 27.6. The van der Waals surface area contributed by atoms with Gasteiger partial charge in [-0.3, -0.25) is 0 Å². The fourth-order valence-electron chi connectivity index (χ4n) is 1.38. The zero-order chi connectivity index (χ0) is 12.7. The Morgan fingerprint density at radius 3 is 2.65 bits per heavy atom. The lowest BCUT2D eigenvalue weighted by Crippen LogP contribution is -2.25. The molecule has 1 aromatic heterocycles. The van der Waals surface area contributed by atoms with Crippen molar-refractivity contribution in [1.29, 1.82) is 0 Å². The zero-order valence-electron chi connectivity index (χ0n) is 9.89. The van der Waals surface area contributed by atoms with Gasteiger partial charge in [0.05, 0.1) is 6.33 Å². The van der Waals surface area contributed by atoms with Crippen molar-refractivity contribution in [2.45, 2.75) is 30.7 Å².